The Morgan fingerprint density at radius 1 is 1.04 bits per heavy atom. The monoisotopic (exact) mass is 408 g/mol. The van der Waals surface area contributed by atoms with Gasteiger partial charge in [0, 0.05) is 24.3 Å². The van der Waals surface area contributed by atoms with Gasteiger partial charge in [-0.15, -0.1) is 0 Å². The summed E-state index contributed by atoms with van der Waals surface area (Å²) in [7, 11) is -3.77. The molecule has 2 aromatic rings. The van der Waals surface area contributed by atoms with Gasteiger partial charge >= 0.3 is 5.97 Å². The number of rotatable bonds is 5. The highest BCUT2D eigenvalue weighted by atomic mass is 35.5. The van der Waals surface area contributed by atoms with E-state index in [1.54, 1.807) is 6.07 Å². The van der Waals surface area contributed by atoms with E-state index in [-0.39, 0.29) is 21.0 Å². The molecule has 1 fully saturated rings. The quantitative estimate of drug-likeness (QED) is 0.791. The van der Waals surface area contributed by atoms with Crippen molar-refractivity contribution in [3.8, 4) is 0 Å². The largest absolute Gasteiger partial charge is 0.478 e. The normalized spacial score (nSPS) is 14.9. The van der Waals surface area contributed by atoms with Crippen molar-refractivity contribution in [1.29, 1.82) is 0 Å². The Bertz CT molecular complexity index is 1000. The van der Waals surface area contributed by atoms with Gasteiger partial charge in [0.1, 0.15) is 4.90 Å². The summed E-state index contributed by atoms with van der Waals surface area (Å²) in [5, 5.41) is 11.6. The Kier molecular flexibility index (Phi) is 5.50. The van der Waals surface area contributed by atoms with Crippen molar-refractivity contribution in [3.05, 3.63) is 58.6 Å². The number of sulfonamides is 1. The molecule has 0 atom stereocenters. The summed E-state index contributed by atoms with van der Waals surface area (Å²) in [6, 6.07) is 9.80. The molecule has 1 aliphatic heterocycles. The molecule has 0 aromatic heterocycles. The summed E-state index contributed by atoms with van der Waals surface area (Å²) in [5.74, 6) is -1.68. The molecule has 27 heavy (non-hydrogen) atoms. The Hall–Kier alpha value is -2.42. The van der Waals surface area contributed by atoms with Crippen molar-refractivity contribution < 1.29 is 23.1 Å². The van der Waals surface area contributed by atoms with Crippen LogP contribution in [0.5, 0.6) is 0 Å². The highest BCUT2D eigenvalue weighted by Gasteiger charge is 2.29. The predicted molar refractivity (Wildman–Crippen MR) is 101 cm³/mol. The van der Waals surface area contributed by atoms with E-state index in [0.717, 1.165) is 12.8 Å². The van der Waals surface area contributed by atoms with E-state index >= 15 is 0 Å². The Morgan fingerprint density at radius 3 is 2.41 bits per heavy atom. The number of hydrogen-bond acceptors (Lipinski definition) is 4. The molecule has 2 aromatic carbocycles. The fourth-order valence-corrected chi connectivity index (χ4v) is 4.86. The second kappa shape index (κ2) is 7.67. The molecule has 3 rings (SSSR count). The van der Waals surface area contributed by atoms with Crippen LogP contribution in [0.4, 0.5) is 5.69 Å². The summed E-state index contributed by atoms with van der Waals surface area (Å²) in [6.07, 6.45) is 1.58. The molecule has 0 aliphatic carbocycles. The molecule has 2 N–H and O–H groups in total. The molecule has 1 heterocycles. The Labute approximate surface area is 161 Å². The summed E-state index contributed by atoms with van der Waals surface area (Å²) in [6.45, 7) is 0.855. The third-order valence-electron chi connectivity index (χ3n) is 4.24. The first-order chi connectivity index (χ1) is 12.8. The summed E-state index contributed by atoms with van der Waals surface area (Å²) >= 11 is 6.08. The molecule has 0 radical (unpaired) electrons. The van der Waals surface area contributed by atoms with Gasteiger partial charge in [-0.2, -0.15) is 4.31 Å². The predicted octanol–water partition coefficient (Wildman–Crippen LogP) is 3.08. The molecule has 142 valence electrons. The molecule has 9 heteroatoms. The number of nitrogens with zero attached hydrogens (tertiary/aromatic N) is 1. The van der Waals surface area contributed by atoms with E-state index in [2.05, 4.69) is 5.32 Å². The van der Waals surface area contributed by atoms with Gasteiger partial charge in [-0.05, 0) is 49.2 Å². The van der Waals surface area contributed by atoms with E-state index in [1.807, 2.05) is 0 Å². The summed E-state index contributed by atoms with van der Waals surface area (Å²) < 4.78 is 26.9. The van der Waals surface area contributed by atoms with Crippen LogP contribution in [0.2, 0.25) is 5.02 Å². The van der Waals surface area contributed by atoms with Crippen LogP contribution in [0.15, 0.2) is 47.4 Å². The minimum absolute atomic E-state index is 0.0289. The number of carboxylic acids is 1. The number of carbonyl (C=O) groups is 2. The van der Waals surface area contributed by atoms with Gasteiger partial charge in [-0.1, -0.05) is 17.7 Å². The smallest absolute Gasteiger partial charge is 0.335 e. The Balaban J connectivity index is 1.88. The molecule has 0 saturated carbocycles. The van der Waals surface area contributed by atoms with Crippen LogP contribution in [-0.2, 0) is 10.0 Å². The first kappa shape index (κ1) is 19.3. The Morgan fingerprint density at radius 2 is 1.74 bits per heavy atom. The zero-order chi connectivity index (χ0) is 19.6. The maximum absolute atomic E-state index is 12.8. The number of hydrogen-bond donors (Lipinski definition) is 2. The van der Waals surface area contributed by atoms with Crippen molar-refractivity contribution in [2.75, 3.05) is 18.4 Å². The van der Waals surface area contributed by atoms with Crippen molar-refractivity contribution in [2.24, 2.45) is 0 Å². The van der Waals surface area contributed by atoms with Gasteiger partial charge < -0.3 is 10.4 Å². The number of carbonyl (C=O) groups excluding carboxylic acids is 1. The number of aromatic carboxylic acids is 1. The highest BCUT2D eigenvalue weighted by molar-refractivity contribution is 7.89. The molecule has 0 spiro atoms. The zero-order valence-electron chi connectivity index (χ0n) is 14.2. The van der Waals surface area contributed by atoms with Gasteiger partial charge in [0.15, 0.2) is 0 Å². The van der Waals surface area contributed by atoms with Crippen molar-refractivity contribution in [2.45, 2.75) is 17.7 Å². The second-order valence-corrected chi connectivity index (χ2v) is 8.41. The molecule has 0 unspecified atom stereocenters. The number of nitrogens with one attached hydrogen (secondary N) is 1. The summed E-state index contributed by atoms with van der Waals surface area (Å²) in [4.78, 5) is 23.4. The molecular formula is C18H17ClN2O5S. The van der Waals surface area contributed by atoms with Crippen LogP contribution in [0.1, 0.15) is 33.6 Å². The second-order valence-electron chi connectivity index (χ2n) is 6.10. The van der Waals surface area contributed by atoms with Gasteiger partial charge in [-0.3, -0.25) is 4.79 Å². The van der Waals surface area contributed by atoms with E-state index in [1.165, 1.54) is 40.7 Å². The van der Waals surface area contributed by atoms with Crippen molar-refractivity contribution in [3.63, 3.8) is 0 Å². The molecular weight excluding hydrogens is 392 g/mol. The highest BCUT2D eigenvalue weighted by Crippen LogP contribution is 2.28. The lowest BCUT2D eigenvalue weighted by Crippen LogP contribution is -2.28. The number of halogens is 1. The van der Waals surface area contributed by atoms with Gasteiger partial charge in [0.25, 0.3) is 5.91 Å². The van der Waals surface area contributed by atoms with Crippen LogP contribution >= 0.6 is 11.6 Å². The van der Waals surface area contributed by atoms with E-state index in [0.29, 0.717) is 18.8 Å². The number of carboxylic acid groups (broad SMARTS) is 1. The topological polar surface area (TPSA) is 104 Å². The van der Waals surface area contributed by atoms with Gasteiger partial charge in [0.2, 0.25) is 10.0 Å². The minimum atomic E-state index is -3.77. The van der Waals surface area contributed by atoms with Crippen LogP contribution in [-0.4, -0.2) is 42.8 Å². The SMILES string of the molecule is O=C(O)c1cccc(NC(=O)c2ccc(Cl)c(S(=O)(=O)N3CCCC3)c2)c1. The average Bonchev–Trinajstić information content (AvgIpc) is 3.17. The lowest BCUT2D eigenvalue weighted by atomic mass is 10.1. The van der Waals surface area contributed by atoms with Crippen LogP contribution in [0.25, 0.3) is 0 Å². The zero-order valence-corrected chi connectivity index (χ0v) is 15.8. The van der Waals surface area contributed by atoms with E-state index < -0.39 is 21.9 Å². The van der Waals surface area contributed by atoms with Crippen molar-refractivity contribution >= 4 is 39.2 Å². The standard InChI is InChI=1S/C18H17ClN2O5S/c19-15-7-6-12(11-16(15)27(25,26)21-8-1-2-9-21)17(22)20-14-5-3-4-13(10-14)18(23)24/h3-7,10-11H,1-2,8-9H2,(H,20,22)(H,23,24). The van der Waals surface area contributed by atoms with Crippen molar-refractivity contribution in [1.82, 2.24) is 4.31 Å². The van der Waals surface area contributed by atoms with Crippen LogP contribution < -0.4 is 5.32 Å². The third-order valence-corrected chi connectivity index (χ3v) is 6.62. The fourth-order valence-electron chi connectivity index (χ4n) is 2.84. The maximum atomic E-state index is 12.8. The lowest BCUT2D eigenvalue weighted by molar-refractivity contribution is 0.0696. The number of amides is 1. The van der Waals surface area contributed by atoms with Crippen LogP contribution in [0.3, 0.4) is 0 Å². The average molecular weight is 409 g/mol. The molecule has 1 saturated heterocycles. The minimum Gasteiger partial charge on any atom is -0.478 e. The van der Waals surface area contributed by atoms with E-state index in [9.17, 15) is 18.0 Å². The number of benzene rings is 2. The molecule has 7 nitrogen and oxygen atoms in total. The van der Waals surface area contributed by atoms with Gasteiger partial charge in [-0.25, -0.2) is 13.2 Å². The summed E-state index contributed by atoms with van der Waals surface area (Å²) in [5.41, 5.74) is 0.429. The number of anilines is 1. The van der Waals surface area contributed by atoms with Crippen LogP contribution in [0, 0.1) is 0 Å². The third kappa shape index (κ3) is 4.13. The first-order valence-corrected chi connectivity index (χ1v) is 10.1. The molecule has 0 bridgehead atoms. The lowest BCUT2D eigenvalue weighted by Gasteiger charge is -2.17. The first-order valence-electron chi connectivity index (χ1n) is 8.23. The maximum Gasteiger partial charge on any atom is 0.335 e. The van der Waals surface area contributed by atoms with E-state index in [4.69, 9.17) is 16.7 Å². The molecule has 1 aliphatic rings. The fraction of sp³-hybridized carbons (Fsp3) is 0.222. The van der Waals surface area contributed by atoms with Gasteiger partial charge in [0.05, 0.1) is 10.6 Å². The molecule has 1 amide bonds.